The van der Waals surface area contributed by atoms with E-state index in [2.05, 4.69) is 15.3 Å². The van der Waals surface area contributed by atoms with E-state index in [1.165, 1.54) is 12.4 Å². The minimum atomic E-state index is -4.29. The van der Waals surface area contributed by atoms with E-state index < -0.39 is 22.4 Å². The molecule has 1 aliphatic rings. The Morgan fingerprint density at radius 2 is 1.74 bits per heavy atom. The van der Waals surface area contributed by atoms with Gasteiger partial charge in [0, 0.05) is 43.6 Å². The Morgan fingerprint density at radius 1 is 1.08 bits per heavy atom. The van der Waals surface area contributed by atoms with E-state index in [9.17, 15) is 26.4 Å². The second kappa shape index (κ2) is 12.2. The van der Waals surface area contributed by atoms with Crippen molar-refractivity contribution in [2.45, 2.75) is 44.7 Å². The molecule has 8 nitrogen and oxygen atoms in total. The molecule has 1 aliphatic heterocycles. The summed E-state index contributed by atoms with van der Waals surface area (Å²) in [6, 6.07) is 8.82. The molecule has 1 saturated heterocycles. The number of piperazine rings is 1. The Kier molecular flexibility index (Phi) is 9.12. The average molecular weight is 584 g/mol. The number of nitrogens with zero attached hydrogens (tertiary/aromatic N) is 4. The van der Waals surface area contributed by atoms with Crippen LogP contribution >= 0.6 is 11.3 Å². The van der Waals surface area contributed by atoms with Gasteiger partial charge in [0.1, 0.15) is 17.0 Å². The van der Waals surface area contributed by atoms with Crippen LogP contribution < -0.4 is 10.2 Å². The lowest BCUT2D eigenvalue weighted by Gasteiger charge is -2.35. The van der Waals surface area contributed by atoms with Crippen molar-refractivity contribution in [2.75, 3.05) is 43.4 Å². The lowest BCUT2D eigenvalue weighted by Crippen LogP contribution is -2.49. The Hall–Kier alpha value is -2.77. The van der Waals surface area contributed by atoms with Crippen LogP contribution in [0, 0.1) is 0 Å². The first-order valence-electron chi connectivity index (χ1n) is 12.7. The zero-order chi connectivity index (χ0) is 28.2. The SMILES string of the molecule is CC(C)NCCS(=O)(=O)Cc1ccc(CC(=O)N2CCN(c3ncnc4sc(CC(F)(F)F)cc34)CC2)cc1. The first kappa shape index (κ1) is 29.2. The Bertz CT molecular complexity index is 1380. The second-order valence-corrected chi connectivity index (χ2v) is 13.3. The minimum absolute atomic E-state index is 0.0365. The number of nitrogens with one attached hydrogen (secondary N) is 1. The van der Waals surface area contributed by atoms with Gasteiger partial charge in [-0.1, -0.05) is 38.1 Å². The number of hydrogen-bond acceptors (Lipinski definition) is 8. The fraction of sp³-hybridized carbons (Fsp3) is 0.500. The Morgan fingerprint density at radius 3 is 2.38 bits per heavy atom. The second-order valence-electron chi connectivity index (χ2n) is 9.98. The molecular formula is C26H32F3N5O3S2. The number of hydrogen-bond donors (Lipinski definition) is 1. The van der Waals surface area contributed by atoms with Gasteiger partial charge in [0.25, 0.3) is 0 Å². The first-order chi connectivity index (χ1) is 18.4. The number of rotatable bonds is 10. The van der Waals surface area contributed by atoms with Crippen molar-refractivity contribution >= 4 is 43.1 Å². The minimum Gasteiger partial charge on any atom is -0.352 e. The molecule has 3 aromatic rings. The van der Waals surface area contributed by atoms with E-state index in [-0.39, 0.29) is 34.8 Å². The maximum atomic E-state index is 12.9. The van der Waals surface area contributed by atoms with Gasteiger partial charge in [0.2, 0.25) is 5.91 Å². The summed E-state index contributed by atoms with van der Waals surface area (Å²) < 4.78 is 63.2. The van der Waals surface area contributed by atoms with E-state index in [1.54, 1.807) is 29.2 Å². The van der Waals surface area contributed by atoms with Gasteiger partial charge in [-0.05, 0) is 17.2 Å². The summed E-state index contributed by atoms with van der Waals surface area (Å²) in [6.07, 6.45) is -3.72. The highest BCUT2D eigenvalue weighted by atomic mass is 32.2. The summed E-state index contributed by atoms with van der Waals surface area (Å²) >= 11 is 1.02. The van der Waals surface area contributed by atoms with E-state index in [1.807, 2.05) is 18.7 Å². The van der Waals surface area contributed by atoms with Crippen LogP contribution in [0.15, 0.2) is 36.7 Å². The normalized spacial score (nSPS) is 14.9. The number of aromatic nitrogens is 2. The first-order valence-corrected chi connectivity index (χ1v) is 15.4. The van der Waals surface area contributed by atoms with E-state index in [4.69, 9.17) is 0 Å². The molecule has 3 heterocycles. The summed E-state index contributed by atoms with van der Waals surface area (Å²) in [5.74, 6) is 0.577. The van der Waals surface area contributed by atoms with Crippen molar-refractivity contribution in [3.05, 3.63) is 52.7 Å². The van der Waals surface area contributed by atoms with Gasteiger partial charge in [-0.2, -0.15) is 13.2 Å². The molecule has 2 aromatic heterocycles. The summed E-state index contributed by atoms with van der Waals surface area (Å²) in [4.78, 5) is 25.8. The molecule has 0 unspecified atom stereocenters. The van der Waals surface area contributed by atoms with Crippen molar-refractivity contribution in [3.63, 3.8) is 0 Å². The molecule has 1 fully saturated rings. The average Bonchev–Trinajstić information content (AvgIpc) is 3.25. The maximum Gasteiger partial charge on any atom is 0.393 e. The largest absolute Gasteiger partial charge is 0.393 e. The van der Waals surface area contributed by atoms with Gasteiger partial charge in [0.15, 0.2) is 9.84 Å². The third kappa shape index (κ3) is 8.36. The summed E-state index contributed by atoms with van der Waals surface area (Å²) in [6.45, 7) is 6.28. The summed E-state index contributed by atoms with van der Waals surface area (Å²) in [7, 11) is -3.23. The highest BCUT2D eigenvalue weighted by molar-refractivity contribution is 7.90. The van der Waals surface area contributed by atoms with Gasteiger partial charge in [-0.15, -0.1) is 11.3 Å². The van der Waals surface area contributed by atoms with Gasteiger partial charge in [-0.3, -0.25) is 4.79 Å². The lowest BCUT2D eigenvalue weighted by molar-refractivity contribution is -0.130. The molecule has 0 bridgehead atoms. The number of amides is 1. The van der Waals surface area contributed by atoms with E-state index in [0.29, 0.717) is 54.3 Å². The van der Waals surface area contributed by atoms with Crippen molar-refractivity contribution < 1.29 is 26.4 Å². The summed E-state index contributed by atoms with van der Waals surface area (Å²) in [5.41, 5.74) is 1.49. The fourth-order valence-electron chi connectivity index (χ4n) is 4.47. The van der Waals surface area contributed by atoms with Gasteiger partial charge < -0.3 is 15.1 Å². The van der Waals surface area contributed by atoms with Crippen LogP contribution in [0.5, 0.6) is 0 Å². The van der Waals surface area contributed by atoms with E-state index in [0.717, 1.165) is 16.9 Å². The number of benzene rings is 1. The molecule has 13 heteroatoms. The smallest absolute Gasteiger partial charge is 0.352 e. The molecule has 4 rings (SSSR count). The predicted molar refractivity (Wildman–Crippen MR) is 147 cm³/mol. The topological polar surface area (TPSA) is 95.5 Å². The number of anilines is 1. The quantitative estimate of drug-likeness (QED) is 0.390. The maximum absolute atomic E-state index is 12.9. The number of carbonyl (C=O) groups excluding carboxylic acids is 1. The molecule has 1 N–H and O–H groups in total. The van der Waals surface area contributed by atoms with Crippen LogP contribution in [0.2, 0.25) is 0 Å². The van der Waals surface area contributed by atoms with Crippen molar-refractivity contribution in [3.8, 4) is 0 Å². The van der Waals surface area contributed by atoms with Crippen LogP contribution in [0.1, 0.15) is 29.9 Å². The highest BCUT2D eigenvalue weighted by Gasteiger charge is 2.30. The third-order valence-corrected chi connectivity index (χ3v) is 9.04. The molecule has 0 radical (unpaired) electrons. The zero-order valence-corrected chi connectivity index (χ0v) is 23.5. The number of thiophene rings is 1. The van der Waals surface area contributed by atoms with Crippen LogP contribution in [0.3, 0.4) is 0 Å². The molecule has 0 aliphatic carbocycles. The molecule has 1 aromatic carbocycles. The third-order valence-electron chi connectivity index (χ3n) is 6.40. The number of alkyl halides is 3. The van der Waals surface area contributed by atoms with Gasteiger partial charge >= 0.3 is 6.18 Å². The number of halogens is 3. The lowest BCUT2D eigenvalue weighted by atomic mass is 10.1. The highest BCUT2D eigenvalue weighted by Crippen LogP contribution is 2.34. The zero-order valence-electron chi connectivity index (χ0n) is 21.9. The monoisotopic (exact) mass is 583 g/mol. The van der Waals surface area contributed by atoms with Crippen LogP contribution in [0.4, 0.5) is 19.0 Å². The molecule has 0 atom stereocenters. The summed E-state index contributed by atoms with van der Waals surface area (Å²) in [5, 5.41) is 3.71. The predicted octanol–water partition coefficient (Wildman–Crippen LogP) is 3.60. The van der Waals surface area contributed by atoms with Crippen molar-refractivity contribution in [1.82, 2.24) is 20.2 Å². The number of sulfone groups is 1. The molecule has 212 valence electrons. The van der Waals surface area contributed by atoms with Crippen LogP contribution in [0.25, 0.3) is 10.2 Å². The van der Waals surface area contributed by atoms with Crippen molar-refractivity contribution in [1.29, 1.82) is 0 Å². The molecule has 39 heavy (non-hydrogen) atoms. The molecule has 1 amide bonds. The van der Waals surface area contributed by atoms with E-state index >= 15 is 0 Å². The molecule has 0 spiro atoms. The number of fused-ring (bicyclic) bond motifs is 1. The van der Waals surface area contributed by atoms with Crippen molar-refractivity contribution in [2.24, 2.45) is 0 Å². The molecular weight excluding hydrogens is 551 g/mol. The van der Waals surface area contributed by atoms with Crippen LogP contribution in [-0.2, 0) is 33.2 Å². The Balaban J connectivity index is 1.30. The van der Waals surface area contributed by atoms with Gasteiger partial charge in [0.05, 0.1) is 29.7 Å². The van der Waals surface area contributed by atoms with Crippen LogP contribution in [-0.4, -0.2) is 79.9 Å². The molecule has 0 saturated carbocycles. The van der Waals surface area contributed by atoms with Gasteiger partial charge in [-0.25, -0.2) is 18.4 Å². The Labute approximate surface area is 230 Å². The standard InChI is InChI=1S/C26H32F3N5O3S2/c1-18(2)30-7-12-39(36,37)16-20-5-3-19(4-6-20)13-23(35)33-8-10-34(11-9-33)24-22-14-21(15-26(27,28)29)38-25(22)32-17-31-24/h3-6,14,17-18,30H,7-13,15-16H2,1-2H3. The number of carbonyl (C=O) groups is 1. The fourth-order valence-corrected chi connectivity index (χ4v) is 6.76.